The Hall–Kier alpha value is -1.17. The molecule has 11 nitrogen and oxygen atoms in total. The van der Waals surface area contributed by atoms with Gasteiger partial charge in [-0.05, 0) is 0 Å². The van der Waals surface area contributed by atoms with Crippen molar-refractivity contribution in [3.05, 3.63) is 33.1 Å². The van der Waals surface area contributed by atoms with E-state index in [4.69, 9.17) is 24.5 Å². The first-order chi connectivity index (χ1) is 9.77. The number of aliphatic hydroxyl groups is 3. The van der Waals surface area contributed by atoms with E-state index in [1.807, 2.05) is 4.98 Å². The summed E-state index contributed by atoms with van der Waals surface area (Å²) in [4.78, 5) is 46.0. The lowest BCUT2D eigenvalue weighted by molar-refractivity contribution is -0.0550. The Morgan fingerprint density at radius 2 is 1.81 bits per heavy atom. The number of hydrogen-bond donors (Lipinski definition) is 7. The van der Waals surface area contributed by atoms with Crippen molar-refractivity contribution in [3.8, 4) is 0 Å². The molecule has 0 aromatic carbocycles. The van der Waals surface area contributed by atoms with Crippen LogP contribution in [0.15, 0.2) is 21.9 Å². The van der Waals surface area contributed by atoms with Crippen LogP contribution in [-0.4, -0.2) is 64.5 Å². The molecule has 2 rings (SSSR count). The molecule has 0 radical (unpaired) electrons. The molecule has 1 saturated heterocycles. The zero-order chi connectivity index (χ0) is 16.2. The average Bonchev–Trinajstić information content (AvgIpc) is 2.66. The number of ether oxygens (including phenoxy) is 1. The van der Waals surface area contributed by atoms with Crippen molar-refractivity contribution in [2.45, 2.75) is 24.5 Å². The van der Waals surface area contributed by atoms with Crippen molar-refractivity contribution >= 4 is 8.60 Å². The third-order valence-electron chi connectivity index (χ3n) is 2.64. The number of H-pyrrole nitrogens is 1. The van der Waals surface area contributed by atoms with Crippen molar-refractivity contribution in [1.82, 2.24) is 9.55 Å². The Labute approximate surface area is 118 Å². The first kappa shape index (κ1) is 17.9. The smallest absolute Gasteiger partial charge is 0.330 e. The maximum absolute atomic E-state index is 11.4. The van der Waals surface area contributed by atoms with Crippen molar-refractivity contribution in [2.75, 3.05) is 6.61 Å². The van der Waals surface area contributed by atoms with E-state index in [1.165, 1.54) is 0 Å². The van der Waals surface area contributed by atoms with Crippen LogP contribution in [0, 0.1) is 0 Å². The Morgan fingerprint density at radius 1 is 1.24 bits per heavy atom. The minimum absolute atomic E-state index is 0.479. The second kappa shape index (κ2) is 7.73. The zero-order valence-corrected chi connectivity index (χ0v) is 11.4. The molecule has 120 valence electrons. The Balaban J connectivity index is 0.000000491. The number of rotatable bonds is 2. The Bertz CT molecular complexity index is 556. The van der Waals surface area contributed by atoms with E-state index >= 15 is 0 Å². The second-order valence-electron chi connectivity index (χ2n) is 4.01. The molecule has 7 N–H and O–H groups in total. The van der Waals surface area contributed by atoms with E-state index in [0.717, 1.165) is 16.8 Å². The lowest BCUT2D eigenvalue weighted by Crippen LogP contribution is -2.37. The van der Waals surface area contributed by atoms with Gasteiger partial charge in [-0.2, -0.15) is 0 Å². The van der Waals surface area contributed by atoms with Gasteiger partial charge < -0.3 is 34.7 Å². The summed E-state index contributed by atoms with van der Waals surface area (Å²) >= 11 is 0. The predicted molar refractivity (Wildman–Crippen MR) is 67.9 cm³/mol. The molecule has 0 spiro atoms. The highest BCUT2D eigenvalue weighted by atomic mass is 31.2. The lowest BCUT2D eigenvalue weighted by Gasteiger charge is -2.16. The van der Waals surface area contributed by atoms with E-state index < -0.39 is 51.0 Å². The molecular formula is C9H15N2O9P. The lowest BCUT2D eigenvalue weighted by atomic mass is 10.1. The van der Waals surface area contributed by atoms with Crippen LogP contribution in [0.1, 0.15) is 6.23 Å². The van der Waals surface area contributed by atoms with Gasteiger partial charge in [-0.3, -0.25) is 14.3 Å². The molecule has 0 bridgehead atoms. The zero-order valence-electron chi connectivity index (χ0n) is 10.5. The number of nitrogens with zero attached hydrogens (tertiary/aromatic N) is 1. The molecule has 1 aromatic heterocycles. The SMILES string of the molecule is O=c1ccn([C@@H]2O[C@H](CO)[C@@H](O)[C@H]2O)c(=O)[nH]1.OP(O)O. The largest absolute Gasteiger partial charge is 0.394 e. The number of aliphatic hydroxyl groups excluding tert-OH is 3. The molecule has 0 unspecified atom stereocenters. The molecule has 1 aromatic rings. The summed E-state index contributed by atoms with van der Waals surface area (Å²) < 4.78 is 6.08. The monoisotopic (exact) mass is 326 g/mol. The van der Waals surface area contributed by atoms with Crippen LogP contribution in [-0.2, 0) is 4.74 Å². The van der Waals surface area contributed by atoms with Gasteiger partial charge in [0.2, 0.25) is 0 Å². The van der Waals surface area contributed by atoms with Crippen molar-refractivity contribution in [1.29, 1.82) is 0 Å². The van der Waals surface area contributed by atoms with Crippen molar-refractivity contribution < 1.29 is 34.7 Å². The topological polar surface area (TPSA) is 185 Å². The minimum atomic E-state index is -2.62. The summed E-state index contributed by atoms with van der Waals surface area (Å²) in [6.07, 6.45) is -3.58. The highest BCUT2D eigenvalue weighted by molar-refractivity contribution is 7.38. The predicted octanol–water partition coefficient (Wildman–Crippen LogP) is -3.66. The minimum Gasteiger partial charge on any atom is -0.394 e. The fourth-order valence-electron chi connectivity index (χ4n) is 1.74. The van der Waals surface area contributed by atoms with Gasteiger partial charge in [0, 0.05) is 12.3 Å². The van der Waals surface area contributed by atoms with Crippen LogP contribution >= 0.6 is 8.60 Å². The molecule has 0 aliphatic carbocycles. The Morgan fingerprint density at radius 3 is 2.24 bits per heavy atom. The maximum Gasteiger partial charge on any atom is 0.330 e. The fraction of sp³-hybridized carbons (Fsp3) is 0.556. The number of aromatic nitrogens is 2. The molecule has 0 amide bonds. The third-order valence-corrected chi connectivity index (χ3v) is 2.64. The molecule has 21 heavy (non-hydrogen) atoms. The summed E-state index contributed by atoms with van der Waals surface area (Å²) in [6, 6.07) is 1.09. The van der Waals surface area contributed by atoms with E-state index in [9.17, 15) is 19.8 Å². The summed E-state index contributed by atoms with van der Waals surface area (Å²) in [6.45, 7) is -0.479. The number of nitrogens with one attached hydrogen (secondary N) is 1. The van der Waals surface area contributed by atoms with Gasteiger partial charge in [0.1, 0.15) is 18.3 Å². The van der Waals surface area contributed by atoms with Crippen LogP contribution < -0.4 is 11.2 Å². The van der Waals surface area contributed by atoms with Gasteiger partial charge >= 0.3 is 14.3 Å². The van der Waals surface area contributed by atoms with Gasteiger partial charge in [0.05, 0.1) is 6.61 Å². The van der Waals surface area contributed by atoms with Gasteiger partial charge in [-0.25, -0.2) is 4.79 Å². The van der Waals surface area contributed by atoms with Crippen LogP contribution in [0.4, 0.5) is 0 Å². The van der Waals surface area contributed by atoms with Crippen molar-refractivity contribution in [3.63, 3.8) is 0 Å². The molecule has 1 aliphatic heterocycles. The Kier molecular flexibility index (Phi) is 6.58. The highest BCUT2D eigenvalue weighted by Crippen LogP contribution is 2.27. The molecule has 1 aliphatic rings. The van der Waals surface area contributed by atoms with Gasteiger partial charge in [-0.1, -0.05) is 0 Å². The van der Waals surface area contributed by atoms with E-state index in [1.54, 1.807) is 0 Å². The summed E-state index contributed by atoms with van der Waals surface area (Å²) in [7, 11) is -2.62. The van der Waals surface area contributed by atoms with Crippen molar-refractivity contribution in [2.24, 2.45) is 0 Å². The quantitative estimate of drug-likeness (QED) is 0.269. The van der Waals surface area contributed by atoms with Gasteiger partial charge in [-0.15, -0.1) is 0 Å². The van der Waals surface area contributed by atoms with E-state index in [-0.39, 0.29) is 0 Å². The van der Waals surface area contributed by atoms with Crippen LogP contribution in [0.5, 0.6) is 0 Å². The molecular weight excluding hydrogens is 311 g/mol. The summed E-state index contributed by atoms with van der Waals surface area (Å²) in [5.74, 6) is 0. The van der Waals surface area contributed by atoms with Gasteiger partial charge in [0.25, 0.3) is 5.56 Å². The second-order valence-corrected chi connectivity index (χ2v) is 4.55. The third kappa shape index (κ3) is 4.66. The first-order valence-corrected chi connectivity index (χ1v) is 6.78. The van der Waals surface area contributed by atoms with Crippen LogP contribution in [0.2, 0.25) is 0 Å². The highest BCUT2D eigenvalue weighted by Gasteiger charge is 2.43. The maximum atomic E-state index is 11.4. The number of aromatic amines is 1. The van der Waals surface area contributed by atoms with Crippen LogP contribution in [0.3, 0.4) is 0 Å². The van der Waals surface area contributed by atoms with Gasteiger partial charge in [0.15, 0.2) is 6.23 Å². The van der Waals surface area contributed by atoms with E-state index in [2.05, 4.69) is 0 Å². The normalized spacial score (nSPS) is 28.3. The molecule has 2 heterocycles. The average molecular weight is 326 g/mol. The molecule has 12 heteroatoms. The first-order valence-electron chi connectivity index (χ1n) is 5.58. The summed E-state index contributed by atoms with van der Waals surface area (Å²) in [5, 5.41) is 28.1. The number of hydrogen-bond acceptors (Lipinski definition) is 9. The standard InChI is InChI=1S/C9H12N2O6.H3O3P/c12-3-4-6(14)7(15)8(17-4)11-2-1-5(13)10-9(11)16;1-4(2)3/h1-2,4,6-8,12,14-15H,3H2,(H,10,13,16);1-3H/t4-,6-,7-,8-;/m1./s1. The van der Waals surface area contributed by atoms with E-state index in [0.29, 0.717) is 0 Å². The summed E-state index contributed by atoms with van der Waals surface area (Å²) in [5.41, 5.74) is -1.33. The molecule has 1 fully saturated rings. The van der Waals surface area contributed by atoms with Crippen LogP contribution in [0.25, 0.3) is 0 Å². The fourth-order valence-corrected chi connectivity index (χ4v) is 1.74. The molecule has 0 saturated carbocycles. The molecule has 4 atom stereocenters.